The molecule has 0 saturated carbocycles. The molecular formula is C18H22BrNO2S. The van der Waals surface area contributed by atoms with Crippen molar-refractivity contribution < 1.29 is 8.42 Å². The number of benzene rings is 2. The Morgan fingerprint density at radius 2 is 1.70 bits per heavy atom. The number of rotatable bonds is 5. The zero-order chi connectivity index (χ0) is 17.2. The zero-order valence-corrected chi connectivity index (χ0v) is 16.3. The van der Waals surface area contributed by atoms with E-state index in [0.29, 0.717) is 0 Å². The molecular weight excluding hydrogens is 374 g/mol. The van der Waals surface area contributed by atoms with Crippen molar-refractivity contribution >= 4 is 26.0 Å². The van der Waals surface area contributed by atoms with Gasteiger partial charge in [-0.3, -0.25) is 0 Å². The van der Waals surface area contributed by atoms with E-state index in [4.69, 9.17) is 0 Å². The predicted octanol–water partition coefficient (Wildman–Crippen LogP) is 4.55. The van der Waals surface area contributed by atoms with Gasteiger partial charge in [-0.1, -0.05) is 40.2 Å². The number of sulfonamides is 1. The van der Waals surface area contributed by atoms with E-state index in [1.54, 1.807) is 0 Å². The van der Waals surface area contributed by atoms with Crippen LogP contribution in [0.25, 0.3) is 0 Å². The standard InChI is InChI=1S/C18H22BrNO2S/c1-12-8-14(3)18(9-13(12)2)15(4)20-23(21,22)11-16-6-5-7-17(19)10-16/h5-10,15,20H,11H2,1-4H3. The topological polar surface area (TPSA) is 46.2 Å². The van der Waals surface area contributed by atoms with Crippen molar-refractivity contribution in [1.29, 1.82) is 0 Å². The highest BCUT2D eigenvalue weighted by atomic mass is 79.9. The fourth-order valence-corrected chi connectivity index (χ4v) is 4.48. The third kappa shape index (κ3) is 4.90. The molecule has 2 rings (SSSR count). The van der Waals surface area contributed by atoms with Gasteiger partial charge in [0.1, 0.15) is 0 Å². The second kappa shape index (κ2) is 7.16. The summed E-state index contributed by atoms with van der Waals surface area (Å²) < 4.78 is 28.5. The summed E-state index contributed by atoms with van der Waals surface area (Å²) >= 11 is 3.37. The van der Waals surface area contributed by atoms with Gasteiger partial charge in [0.05, 0.1) is 5.75 Å². The minimum absolute atomic E-state index is 0.0271. The highest BCUT2D eigenvalue weighted by molar-refractivity contribution is 9.10. The number of hydrogen-bond acceptors (Lipinski definition) is 2. The van der Waals surface area contributed by atoms with Crippen molar-refractivity contribution in [2.45, 2.75) is 39.5 Å². The summed E-state index contributed by atoms with van der Waals surface area (Å²) in [4.78, 5) is 0. The largest absolute Gasteiger partial charge is 0.216 e. The van der Waals surface area contributed by atoms with E-state index in [1.807, 2.05) is 45.0 Å². The average molecular weight is 396 g/mol. The molecule has 0 aliphatic heterocycles. The molecule has 2 aromatic carbocycles. The van der Waals surface area contributed by atoms with Crippen LogP contribution < -0.4 is 4.72 Å². The smallest absolute Gasteiger partial charge is 0.212 e. The van der Waals surface area contributed by atoms with Gasteiger partial charge < -0.3 is 0 Å². The van der Waals surface area contributed by atoms with Gasteiger partial charge in [-0.15, -0.1) is 0 Å². The van der Waals surface area contributed by atoms with Gasteiger partial charge in [-0.05, 0) is 67.6 Å². The van der Waals surface area contributed by atoms with Gasteiger partial charge in [-0.2, -0.15) is 0 Å². The predicted molar refractivity (Wildman–Crippen MR) is 99.0 cm³/mol. The van der Waals surface area contributed by atoms with Crippen LogP contribution in [0.3, 0.4) is 0 Å². The van der Waals surface area contributed by atoms with Crippen molar-refractivity contribution in [2.75, 3.05) is 0 Å². The lowest BCUT2D eigenvalue weighted by Gasteiger charge is -2.18. The van der Waals surface area contributed by atoms with E-state index >= 15 is 0 Å². The average Bonchev–Trinajstić information content (AvgIpc) is 2.41. The van der Waals surface area contributed by atoms with Gasteiger partial charge in [0, 0.05) is 10.5 Å². The van der Waals surface area contributed by atoms with E-state index in [9.17, 15) is 8.42 Å². The summed E-state index contributed by atoms with van der Waals surface area (Å²) in [5.74, 6) is -0.0271. The third-order valence-electron chi connectivity index (χ3n) is 3.95. The number of aryl methyl sites for hydroxylation is 3. The van der Waals surface area contributed by atoms with Crippen molar-refractivity contribution in [2.24, 2.45) is 0 Å². The minimum atomic E-state index is -3.41. The molecule has 0 heterocycles. The minimum Gasteiger partial charge on any atom is -0.212 e. The van der Waals surface area contributed by atoms with Crippen molar-refractivity contribution in [3.63, 3.8) is 0 Å². The molecule has 0 fully saturated rings. The Morgan fingerprint density at radius 3 is 2.35 bits per heavy atom. The molecule has 124 valence electrons. The highest BCUT2D eigenvalue weighted by Crippen LogP contribution is 2.23. The molecule has 2 aromatic rings. The third-order valence-corrected chi connectivity index (χ3v) is 5.87. The molecule has 3 nitrogen and oxygen atoms in total. The Hall–Kier alpha value is -1.17. The Bertz CT molecular complexity index is 816. The summed E-state index contributed by atoms with van der Waals surface area (Å²) in [6, 6.07) is 11.3. The van der Waals surface area contributed by atoms with Gasteiger partial charge in [0.25, 0.3) is 0 Å². The van der Waals surface area contributed by atoms with E-state index in [0.717, 1.165) is 21.2 Å². The molecule has 0 radical (unpaired) electrons. The summed E-state index contributed by atoms with van der Waals surface area (Å²) in [5, 5.41) is 0. The van der Waals surface area contributed by atoms with Crippen molar-refractivity contribution in [3.05, 3.63) is 68.7 Å². The first-order valence-electron chi connectivity index (χ1n) is 7.50. The first-order chi connectivity index (χ1) is 10.7. The fourth-order valence-electron chi connectivity index (χ4n) is 2.67. The molecule has 0 bridgehead atoms. The van der Waals surface area contributed by atoms with E-state index in [2.05, 4.69) is 39.7 Å². The number of halogens is 1. The van der Waals surface area contributed by atoms with Crippen LogP contribution in [0.1, 0.15) is 40.8 Å². The molecule has 0 spiro atoms. The summed E-state index contributed by atoms with van der Waals surface area (Å²) in [6.45, 7) is 8.01. The first-order valence-corrected chi connectivity index (χ1v) is 9.94. The van der Waals surface area contributed by atoms with Crippen LogP contribution in [0.15, 0.2) is 40.9 Å². The van der Waals surface area contributed by atoms with Crippen LogP contribution in [0.5, 0.6) is 0 Å². The second-order valence-corrected chi connectivity index (χ2v) is 8.69. The fraction of sp³-hybridized carbons (Fsp3) is 0.333. The normalized spacial score (nSPS) is 13.1. The number of nitrogens with one attached hydrogen (secondary N) is 1. The first kappa shape index (κ1) is 18.2. The molecule has 1 unspecified atom stereocenters. The molecule has 0 amide bonds. The highest BCUT2D eigenvalue weighted by Gasteiger charge is 2.18. The van der Waals surface area contributed by atoms with Crippen LogP contribution in [0, 0.1) is 20.8 Å². The summed E-state index contributed by atoms with van der Waals surface area (Å²) in [5.41, 5.74) is 5.27. The Balaban J connectivity index is 2.18. The van der Waals surface area contributed by atoms with Crippen LogP contribution >= 0.6 is 15.9 Å². The molecule has 5 heteroatoms. The second-order valence-electron chi connectivity index (χ2n) is 6.02. The maximum Gasteiger partial charge on any atom is 0.216 e. The SMILES string of the molecule is Cc1cc(C)c(C(C)NS(=O)(=O)Cc2cccc(Br)c2)cc1C. The van der Waals surface area contributed by atoms with Crippen molar-refractivity contribution in [3.8, 4) is 0 Å². The molecule has 0 aliphatic rings. The summed E-state index contributed by atoms with van der Waals surface area (Å²) in [6.07, 6.45) is 0. The lowest BCUT2D eigenvalue weighted by atomic mass is 9.97. The lowest BCUT2D eigenvalue weighted by molar-refractivity contribution is 0.565. The maximum absolute atomic E-state index is 12.4. The molecule has 23 heavy (non-hydrogen) atoms. The Morgan fingerprint density at radius 1 is 1.04 bits per heavy atom. The lowest BCUT2D eigenvalue weighted by Crippen LogP contribution is -2.28. The monoisotopic (exact) mass is 395 g/mol. The molecule has 0 aliphatic carbocycles. The summed E-state index contributed by atoms with van der Waals surface area (Å²) in [7, 11) is -3.41. The zero-order valence-electron chi connectivity index (χ0n) is 13.9. The van der Waals surface area contributed by atoms with Gasteiger partial charge in [-0.25, -0.2) is 13.1 Å². The van der Waals surface area contributed by atoms with Gasteiger partial charge in [0.15, 0.2) is 0 Å². The Kier molecular flexibility index (Phi) is 5.65. The van der Waals surface area contributed by atoms with E-state index in [-0.39, 0.29) is 11.8 Å². The van der Waals surface area contributed by atoms with Crippen LogP contribution in [0.2, 0.25) is 0 Å². The molecule has 0 saturated heterocycles. The molecule has 0 aromatic heterocycles. The van der Waals surface area contributed by atoms with Crippen molar-refractivity contribution in [1.82, 2.24) is 4.72 Å². The van der Waals surface area contributed by atoms with E-state index < -0.39 is 10.0 Å². The van der Waals surface area contributed by atoms with E-state index in [1.165, 1.54) is 11.1 Å². The van der Waals surface area contributed by atoms with Crippen LogP contribution in [-0.4, -0.2) is 8.42 Å². The Labute approximate surface area is 147 Å². The molecule has 1 atom stereocenters. The van der Waals surface area contributed by atoms with Gasteiger partial charge in [0.2, 0.25) is 10.0 Å². The van der Waals surface area contributed by atoms with Crippen LogP contribution in [-0.2, 0) is 15.8 Å². The quantitative estimate of drug-likeness (QED) is 0.806. The van der Waals surface area contributed by atoms with Gasteiger partial charge >= 0.3 is 0 Å². The van der Waals surface area contributed by atoms with Crippen LogP contribution in [0.4, 0.5) is 0 Å². The maximum atomic E-state index is 12.4. The number of hydrogen-bond donors (Lipinski definition) is 1. The molecule has 1 N–H and O–H groups in total.